The highest BCUT2D eigenvalue weighted by molar-refractivity contribution is 6.32. The molecule has 0 aliphatic heterocycles. The van der Waals surface area contributed by atoms with Crippen LogP contribution in [0, 0.1) is 11.3 Å². The van der Waals surface area contributed by atoms with Gasteiger partial charge in [-0.1, -0.05) is 17.7 Å². The number of nitrogens with zero attached hydrogens (tertiary/aromatic N) is 1. The van der Waals surface area contributed by atoms with Gasteiger partial charge in [0.2, 0.25) is 0 Å². The molecule has 0 spiro atoms. The standard InChI is InChI=1S/C17H13ClF2N2O3/c1-10(24-13-4-2-3-11(7-13)9-21)16(23)22-12-5-6-15(14(18)8-12)25-17(19)20/h2-8,10,17H,1H3,(H,22,23)/t10-/m0/s1. The van der Waals surface area contributed by atoms with Gasteiger partial charge in [-0.25, -0.2) is 0 Å². The van der Waals surface area contributed by atoms with Crippen molar-refractivity contribution in [2.45, 2.75) is 19.6 Å². The summed E-state index contributed by atoms with van der Waals surface area (Å²) < 4.78 is 34.1. The van der Waals surface area contributed by atoms with E-state index in [1.807, 2.05) is 6.07 Å². The van der Waals surface area contributed by atoms with Crippen molar-refractivity contribution in [1.29, 1.82) is 5.26 Å². The number of nitrogens with one attached hydrogen (secondary N) is 1. The Kier molecular flexibility index (Phi) is 6.14. The lowest BCUT2D eigenvalue weighted by molar-refractivity contribution is -0.122. The molecule has 0 saturated carbocycles. The van der Waals surface area contributed by atoms with E-state index >= 15 is 0 Å². The van der Waals surface area contributed by atoms with Crippen LogP contribution in [0.5, 0.6) is 11.5 Å². The Hall–Kier alpha value is -2.85. The molecule has 0 unspecified atom stereocenters. The fourth-order valence-corrected chi connectivity index (χ4v) is 2.14. The number of amides is 1. The van der Waals surface area contributed by atoms with E-state index in [-0.39, 0.29) is 10.8 Å². The summed E-state index contributed by atoms with van der Waals surface area (Å²) in [4.78, 5) is 12.1. The maximum absolute atomic E-state index is 12.2. The van der Waals surface area contributed by atoms with Crippen molar-refractivity contribution in [3.8, 4) is 17.6 Å². The first-order valence-electron chi connectivity index (χ1n) is 7.11. The monoisotopic (exact) mass is 366 g/mol. The minimum absolute atomic E-state index is 0.0617. The summed E-state index contributed by atoms with van der Waals surface area (Å²) in [5.74, 6) is -0.284. The number of carbonyl (C=O) groups is 1. The second kappa shape index (κ2) is 8.31. The second-order valence-electron chi connectivity index (χ2n) is 4.91. The molecule has 2 aromatic rings. The molecule has 130 valence electrons. The Morgan fingerprint density at radius 3 is 2.64 bits per heavy atom. The van der Waals surface area contributed by atoms with E-state index in [0.717, 1.165) is 0 Å². The number of anilines is 1. The van der Waals surface area contributed by atoms with Crippen LogP contribution in [0.4, 0.5) is 14.5 Å². The molecule has 0 aromatic heterocycles. The normalized spacial score (nSPS) is 11.5. The van der Waals surface area contributed by atoms with Crippen molar-refractivity contribution >= 4 is 23.2 Å². The van der Waals surface area contributed by atoms with Crippen molar-refractivity contribution in [1.82, 2.24) is 0 Å². The zero-order valence-corrected chi connectivity index (χ0v) is 13.8. The van der Waals surface area contributed by atoms with Crippen molar-refractivity contribution in [3.05, 3.63) is 53.1 Å². The molecule has 0 bridgehead atoms. The van der Waals surface area contributed by atoms with Crippen LogP contribution in [-0.4, -0.2) is 18.6 Å². The smallest absolute Gasteiger partial charge is 0.387 e. The van der Waals surface area contributed by atoms with Crippen LogP contribution in [-0.2, 0) is 4.79 Å². The molecule has 1 amide bonds. The summed E-state index contributed by atoms with van der Waals surface area (Å²) in [7, 11) is 0. The van der Waals surface area contributed by atoms with Crippen molar-refractivity contribution in [2.24, 2.45) is 0 Å². The van der Waals surface area contributed by atoms with Gasteiger partial charge in [0.1, 0.15) is 11.5 Å². The van der Waals surface area contributed by atoms with Crippen LogP contribution in [0.2, 0.25) is 5.02 Å². The largest absolute Gasteiger partial charge is 0.481 e. The minimum atomic E-state index is -2.99. The first-order valence-corrected chi connectivity index (χ1v) is 7.49. The number of carbonyl (C=O) groups excluding carboxylic acids is 1. The van der Waals surface area contributed by atoms with E-state index in [4.69, 9.17) is 21.6 Å². The highest BCUT2D eigenvalue weighted by atomic mass is 35.5. The van der Waals surface area contributed by atoms with Crippen molar-refractivity contribution in [3.63, 3.8) is 0 Å². The van der Waals surface area contributed by atoms with Gasteiger partial charge in [0.05, 0.1) is 16.7 Å². The first-order chi connectivity index (χ1) is 11.9. The number of rotatable bonds is 6. The third-order valence-corrected chi connectivity index (χ3v) is 3.36. The van der Waals surface area contributed by atoms with Gasteiger partial charge < -0.3 is 14.8 Å². The maximum atomic E-state index is 12.2. The number of ether oxygens (including phenoxy) is 2. The predicted octanol–water partition coefficient (Wildman–Crippen LogP) is 4.22. The van der Waals surface area contributed by atoms with Crippen LogP contribution in [0.25, 0.3) is 0 Å². The number of alkyl halides is 2. The number of hydrogen-bond acceptors (Lipinski definition) is 4. The summed E-state index contributed by atoms with van der Waals surface area (Å²) in [6.07, 6.45) is -0.857. The molecule has 0 saturated heterocycles. The van der Waals surface area contributed by atoms with Crippen LogP contribution in [0.1, 0.15) is 12.5 Å². The molecule has 0 aliphatic carbocycles. The topological polar surface area (TPSA) is 71.3 Å². The molecule has 1 N–H and O–H groups in total. The zero-order chi connectivity index (χ0) is 18.4. The van der Waals surface area contributed by atoms with E-state index in [0.29, 0.717) is 17.0 Å². The van der Waals surface area contributed by atoms with Gasteiger partial charge in [-0.15, -0.1) is 0 Å². The van der Waals surface area contributed by atoms with E-state index in [1.54, 1.807) is 18.2 Å². The average Bonchev–Trinajstić information content (AvgIpc) is 2.57. The van der Waals surface area contributed by atoms with Gasteiger partial charge in [-0.05, 0) is 43.3 Å². The number of benzene rings is 2. The fourth-order valence-electron chi connectivity index (χ4n) is 1.91. The lowest BCUT2D eigenvalue weighted by Gasteiger charge is -2.15. The SMILES string of the molecule is C[C@H](Oc1cccc(C#N)c1)C(=O)Nc1ccc(OC(F)F)c(Cl)c1. The molecule has 2 rings (SSSR count). The molecular weight excluding hydrogens is 354 g/mol. The molecule has 0 aliphatic rings. The second-order valence-corrected chi connectivity index (χ2v) is 5.32. The third kappa shape index (κ3) is 5.33. The molecule has 2 aromatic carbocycles. The Morgan fingerprint density at radius 2 is 2.00 bits per heavy atom. The molecule has 8 heteroatoms. The Bertz CT molecular complexity index is 809. The van der Waals surface area contributed by atoms with Gasteiger partial charge in [0.25, 0.3) is 5.91 Å². The summed E-state index contributed by atoms with van der Waals surface area (Å²) in [5, 5.41) is 11.3. The van der Waals surface area contributed by atoms with Gasteiger partial charge in [0, 0.05) is 5.69 Å². The average molecular weight is 367 g/mol. The third-order valence-electron chi connectivity index (χ3n) is 3.06. The van der Waals surface area contributed by atoms with E-state index in [9.17, 15) is 13.6 Å². The van der Waals surface area contributed by atoms with Crippen LogP contribution in [0.3, 0.4) is 0 Å². The van der Waals surface area contributed by atoms with Gasteiger partial charge in [-0.3, -0.25) is 4.79 Å². The van der Waals surface area contributed by atoms with Gasteiger partial charge in [0.15, 0.2) is 6.10 Å². The highest BCUT2D eigenvalue weighted by Crippen LogP contribution is 2.29. The minimum Gasteiger partial charge on any atom is -0.481 e. The summed E-state index contributed by atoms with van der Waals surface area (Å²) in [6, 6.07) is 12.3. The first kappa shape index (κ1) is 18.5. The Balaban J connectivity index is 2.01. The molecule has 0 radical (unpaired) electrons. The lowest BCUT2D eigenvalue weighted by Crippen LogP contribution is -2.30. The van der Waals surface area contributed by atoms with Gasteiger partial charge >= 0.3 is 6.61 Å². The summed E-state index contributed by atoms with van der Waals surface area (Å²) in [6.45, 7) is -1.46. The molecule has 25 heavy (non-hydrogen) atoms. The van der Waals surface area contributed by atoms with E-state index in [2.05, 4.69) is 10.1 Å². The molecular formula is C17H13ClF2N2O3. The predicted molar refractivity (Wildman–Crippen MR) is 88.0 cm³/mol. The number of nitriles is 1. The van der Waals surface area contributed by atoms with Crippen molar-refractivity contribution in [2.75, 3.05) is 5.32 Å². The van der Waals surface area contributed by atoms with Crippen LogP contribution in [0.15, 0.2) is 42.5 Å². The molecule has 0 heterocycles. The number of halogens is 3. The quantitative estimate of drug-likeness (QED) is 0.830. The fraction of sp³-hybridized carbons (Fsp3) is 0.176. The number of hydrogen-bond donors (Lipinski definition) is 1. The Morgan fingerprint density at radius 1 is 1.24 bits per heavy atom. The molecule has 1 atom stereocenters. The summed E-state index contributed by atoms with van der Waals surface area (Å²) >= 11 is 5.83. The van der Waals surface area contributed by atoms with E-state index in [1.165, 1.54) is 31.2 Å². The van der Waals surface area contributed by atoms with E-state index < -0.39 is 18.6 Å². The lowest BCUT2D eigenvalue weighted by atomic mass is 10.2. The zero-order valence-electron chi connectivity index (χ0n) is 13.0. The van der Waals surface area contributed by atoms with Crippen molar-refractivity contribution < 1.29 is 23.0 Å². The summed E-state index contributed by atoms with van der Waals surface area (Å²) in [5.41, 5.74) is 0.712. The maximum Gasteiger partial charge on any atom is 0.387 e. The van der Waals surface area contributed by atoms with Gasteiger partial charge in [-0.2, -0.15) is 14.0 Å². The van der Waals surface area contributed by atoms with Crippen LogP contribution < -0.4 is 14.8 Å². The Labute approximate surface area is 147 Å². The molecule has 0 fully saturated rings. The highest BCUT2D eigenvalue weighted by Gasteiger charge is 2.16. The molecule has 5 nitrogen and oxygen atoms in total. The van der Waals surface area contributed by atoms with Crippen LogP contribution >= 0.6 is 11.6 Å².